The molecule has 0 bridgehead atoms. The van der Waals surface area contributed by atoms with Crippen molar-refractivity contribution in [1.29, 1.82) is 0 Å². The molecule has 1 saturated carbocycles. The number of nitrogens with zero attached hydrogens (tertiary/aromatic N) is 2. The minimum absolute atomic E-state index is 0.0934. The number of nitrogens with one attached hydrogen (secondary N) is 1. The molecule has 0 spiro atoms. The Balaban J connectivity index is 1.12. The summed E-state index contributed by atoms with van der Waals surface area (Å²) in [7, 11) is 0. The molecule has 4 aliphatic rings. The van der Waals surface area contributed by atoms with Gasteiger partial charge in [0, 0.05) is 43.6 Å². The third kappa shape index (κ3) is 4.29. The Labute approximate surface area is 206 Å². The Morgan fingerprint density at radius 1 is 0.914 bits per heavy atom. The molecule has 182 valence electrons. The van der Waals surface area contributed by atoms with Gasteiger partial charge < -0.3 is 4.90 Å². The third-order valence-electron chi connectivity index (χ3n) is 8.60. The minimum Gasteiger partial charge on any atom is -0.322 e. The summed E-state index contributed by atoms with van der Waals surface area (Å²) >= 11 is 0. The van der Waals surface area contributed by atoms with E-state index in [1.54, 1.807) is 4.90 Å². The molecule has 6 heteroatoms. The summed E-state index contributed by atoms with van der Waals surface area (Å²) in [6.07, 6.45) is 6.87. The van der Waals surface area contributed by atoms with E-state index in [1.807, 2.05) is 6.07 Å². The Bertz CT molecular complexity index is 1140. The van der Waals surface area contributed by atoms with Crippen molar-refractivity contribution >= 4 is 17.7 Å². The summed E-state index contributed by atoms with van der Waals surface area (Å²) in [6, 6.07) is 17.2. The quantitative estimate of drug-likeness (QED) is 0.676. The van der Waals surface area contributed by atoms with Crippen LogP contribution >= 0.6 is 0 Å². The number of imide groups is 1. The summed E-state index contributed by atoms with van der Waals surface area (Å²) in [5, 5.41) is 2.38. The summed E-state index contributed by atoms with van der Waals surface area (Å²) in [5.41, 5.74) is 4.46. The van der Waals surface area contributed by atoms with Gasteiger partial charge in [0.2, 0.25) is 11.8 Å². The highest BCUT2D eigenvalue weighted by molar-refractivity contribution is 6.05. The predicted molar refractivity (Wildman–Crippen MR) is 133 cm³/mol. The van der Waals surface area contributed by atoms with E-state index in [4.69, 9.17) is 0 Å². The van der Waals surface area contributed by atoms with Crippen LogP contribution in [0.2, 0.25) is 0 Å². The van der Waals surface area contributed by atoms with Crippen LogP contribution in [0.4, 0.5) is 0 Å². The molecule has 3 heterocycles. The van der Waals surface area contributed by atoms with E-state index >= 15 is 0 Å². The Kier molecular flexibility index (Phi) is 5.93. The van der Waals surface area contributed by atoms with E-state index in [0.29, 0.717) is 36.4 Å². The number of fused-ring (bicyclic) bond motifs is 1. The van der Waals surface area contributed by atoms with Crippen LogP contribution in [0.5, 0.6) is 0 Å². The van der Waals surface area contributed by atoms with Crippen LogP contribution in [0.3, 0.4) is 0 Å². The maximum absolute atomic E-state index is 13.0. The number of hydrogen-bond acceptors (Lipinski definition) is 4. The first-order chi connectivity index (χ1) is 17.1. The van der Waals surface area contributed by atoms with Crippen molar-refractivity contribution in [2.24, 2.45) is 5.92 Å². The van der Waals surface area contributed by atoms with Crippen LogP contribution in [0.25, 0.3) is 0 Å². The maximum Gasteiger partial charge on any atom is 0.255 e. The molecule has 3 atom stereocenters. The first-order valence-electron chi connectivity index (χ1n) is 13.1. The number of likely N-dealkylation sites (tertiary alicyclic amines) is 1. The van der Waals surface area contributed by atoms with Crippen molar-refractivity contribution in [2.45, 2.75) is 69.5 Å². The smallest absolute Gasteiger partial charge is 0.255 e. The lowest BCUT2D eigenvalue weighted by Gasteiger charge is -2.49. The zero-order valence-electron chi connectivity index (χ0n) is 20.1. The summed E-state index contributed by atoms with van der Waals surface area (Å²) in [4.78, 5) is 41.2. The van der Waals surface area contributed by atoms with Crippen molar-refractivity contribution < 1.29 is 14.4 Å². The standard InChI is InChI=1S/C29H33N3O3/c33-27-13-12-26(28(34)30-27)32-18-22-15-19(10-11-24(22)29(32)35)14-21-8-4-5-9-25(21)31-16-23(17-31)20-6-2-1-3-7-20/h1-3,6-7,10-11,15,21,23,25-26H,4-5,8-9,12-14,16-18H2,(H,30,33,34)/t21-,25+,26?/m1/s1. The molecule has 3 amide bonds. The van der Waals surface area contributed by atoms with Crippen LogP contribution < -0.4 is 5.32 Å². The third-order valence-corrected chi connectivity index (χ3v) is 8.60. The van der Waals surface area contributed by atoms with Gasteiger partial charge in [0.25, 0.3) is 5.91 Å². The Hall–Kier alpha value is -2.99. The summed E-state index contributed by atoms with van der Waals surface area (Å²) in [5.74, 6) is 0.599. The Morgan fingerprint density at radius 2 is 1.71 bits per heavy atom. The van der Waals surface area contributed by atoms with Gasteiger partial charge in [-0.15, -0.1) is 0 Å². The van der Waals surface area contributed by atoms with Crippen molar-refractivity contribution in [3.8, 4) is 0 Å². The zero-order chi connectivity index (χ0) is 23.9. The van der Waals surface area contributed by atoms with Crippen LogP contribution in [-0.2, 0) is 22.6 Å². The number of hydrogen-bond donors (Lipinski definition) is 1. The lowest BCUT2D eigenvalue weighted by molar-refractivity contribution is -0.136. The van der Waals surface area contributed by atoms with Crippen molar-refractivity contribution in [3.63, 3.8) is 0 Å². The normalized spacial score (nSPS) is 27.5. The molecular formula is C29H33N3O3. The minimum atomic E-state index is -0.553. The second-order valence-electron chi connectivity index (χ2n) is 10.8. The fraction of sp³-hybridized carbons (Fsp3) is 0.483. The van der Waals surface area contributed by atoms with E-state index < -0.39 is 6.04 Å². The topological polar surface area (TPSA) is 69.7 Å². The molecule has 35 heavy (non-hydrogen) atoms. The predicted octanol–water partition coefficient (Wildman–Crippen LogP) is 3.65. The van der Waals surface area contributed by atoms with Crippen LogP contribution in [0, 0.1) is 5.92 Å². The van der Waals surface area contributed by atoms with Crippen molar-refractivity contribution in [2.75, 3.05) is 13.1 Å². The molecular weight excluding hydrogens is 438 g/mol. The molecule has 0 radical (unpaired) electrons. The lowest BCUT2D eigenvalue weighted by Crippen LogP contribution is -2.54. The average molecular weight is 472 g/mol. The molecule has 6 nitrogen and oxygen atoms in total. The molecule has 2 aromatic carbocycles. The van der Waals surface area contributed by atoms with Gasteiger partial charge in [-0.1, -0.05) is 55.3 Å². The molecule has 6 rings (SSSR count). The summed E-state index contributed by atoms with van der Waals surface area (Å²) < 4.78 is 0. The maximum atomic E-state index is 13.0. The molecule has 1 unspecified atom stereocenters. The van der Waals surface area contributed by atoms with Crippen molar-refractivity contribution in [1.82, 2.24) is 15.1 Å². The van der Waals surface area contributed by atoms with Gasteiger partial charge in [0.15, 0.2) is 0 Å². The van der Waals surface area contributed by atoms with E-state index in [9.17, 15) is 14.4 Å². The first-order valence-corrected chi connectivity index (χ1v) is 13.1. The molecule has 1 aliphatic carbocycles. The van der Waals surface area contributed by atoms with Crippen LogP contribution in [0.1, 0.15) is 71.5 Å². The van der Waals surface area contributed by atoms with Gasteiger partial charge in [-0.3, -0.25) is 24.6 Å². The number of carbonyl (C=O) groups excluding carboxylic acids is 3. The van der Waals surface area contributed by atoms with E-state index in [0.717, 1.165) is 25.1 Å². The number of amides is 3. The van der Waals surface area contributed by atoms with Gasteiger partial charge in [0.05, 0.1) is 0 Å². The highest BCUT2D eigenvalue weighted by atomic mass is 16.2. The SMILES string of the molecule is O=C1CCC(N2Cc3cc(C[C@H]4CCCC[C@@H]4N4CC(c5ccccc5)C4)ccc3C2=O)C(=O)N1. The molecule has 2 saturated heterocycles. The molecule has 1 N–H and O–H groups in total. The van der Waals surface area contributed by atoms with Gasteiger partial charge in [-0.2, -0.15) is 0 Å². The number of rotatable bonds is 5. The Morgan fingerprint density at radius 3 is 2.51 bits per heavy atom. The fourth-order valence-electron chi connectivity index (χ4n) is 6.68. The lowest BCUT2D eigenvalue weighted by atomic mass is 9.77. The molecule has 2 aromatic rings. The molecule has 3 fully saturated rings. The van der Waals surface area contributed by atoms with Gasteiger partial charge in [-0.05, 0) is 54.4 Å². The fourth-order valence-corrected chi connectivity index (χ4v) is 6.68. The first kappa shape index (κ1) is 22.5. The second-order valence-corrected chi connectivity index (χ2v) is 10.8. The van der Waals surface area contributed by atoms with Crippen molar-refractivity contribution in [3.05, 3.63) is 70.8 Å². The monoisotopic (exact) mass is 471 g/mol. The molecule has 0 aromatic heterocycles. The van der Waals surface area contributed by atoms with Crippen LogP contribution in [0.15, 0.2) is 48.5 Å². The largest absolute Gasteiger partial charge is 0.322 e. The van der Waals surface area contributed by atoms with Gasteiger partial charge >= 0.3 is 0 Å². The average Bonchev–Trinajstić information content (AvgIpc) is 3.15. The van der Waals surface area contributed by atoms with E-state index in [2.05, 4.69) is 52.7 Å². The summed E-state index contributed by atoms with van der Waals surface area (Å²) in [6.45, 7) is 2.77. The van der Waals surface area contributed by atoms with Crippen LogP contribution in [-0.4, -0.2) is 52.7 Å². The second kappa shape index (κ2) is 9.23. The number of piperidine rings is 1. The highest BCUT2D eigenvalue weighted by Gasteiger charge is 2.40. The molecule has 3 aliphatic heterocycles. The highest BCUT2D eigenvalue weighted by Crippen LogP contribution is 2.38. The van der Waals surface area contributed by atoms with Gasteiger partial charge in [0.1, 0.15) is 6.04 Å². The number of benzene rings is 2. The van der Waals surface area contributed by atoms with E-state index in [-0.39, 0.29) is 24.1 Å². The van der Waals surface area contributed by atoms with Gasteiger partial charge in [-0.25, -0.2) is 0 Å². The van der Waals surface area contributed by atoms with E-state index in [1.165, 1.54) is 36.8 Å². The number of carbonyl (C=O) groups is 3. The zero-order valence-corrected chi connectivity index (χ0v) is 20.1.